The number of hydrogen-bond donors (Lipinski definition) is 2. The highest BCUT2D eigenvalue weighted by atomic mass is 16.6. The van der Waals surface area contributed by atoms with Crippen LogP contribution in [0.2, 0.25) is 0 Å². The maximum absolute atomic E-state index is 12.8. The number of esters is 1. The summed E-state index contributed by atoms with van der Waals surface area (Å²) < 4.78 is 17.5. The number of nitrogens with zero attached hydrogens (tertiary/aromatic N) is 7. The molecule has 0 bridgehead atoms. The Morgan fingerprint density at radius 3 is 2.59 bits per heavy atom. The van der Waals surface area contributed by atoms with Gasteiger partial charge in [0.15, 0.2) is 17.6 Å². The molecule has 0 saturated carbocycles. The zero-order chi connectivity index (χ0) is 27.4. The molecule has 2 aliphatic heterocycles. The number of hydrazine groups is 1. The monoisotopic (exact) mass is 539 g/mol. The topological polar surface area (TPSA) is 167 Å². The maximum atomic E-state index is 12.8. The highest BCUT2D eigenvalue weighted by Crippen LogP contribution is 2.26. The first-order chi connectivity index (χ1) is 18.9. The summed E-state index contributed by atoms with van der Waals surface area (Å²) in [5, 5.41) is 5.81. The number of nitrogens with two attached hydrogens (primary N) is 2. The molecule has 3 aromatic rings. The number of carbonyl (C=O) groups is 2. The minimum atomic E-state index is -0.936. The summed E-state index contributed by atoms with van der Waals surface area (Å²) in [4.78, 5) is 37.4. The lowest BCUT2D eigenvalue weighted by Gasteiger charge is -2.36. The van der Waals surface area contributed by atoms with Gasteiger partial charge in [-0.05, 0) is 24.3 Å². The smallest absolute Gasteiger partial charge is 0.306 e. The number of hydrogen-bond acceptors (Lipinski definition) is 12. The number of amides is 1. The zero-order valence-corrected chi connectivity index (χ0v) is 21.9. The lowest BCUT2D eigenvalue weighted by atomic mass is 10.2. The average Bonchev–Trinajstić information content (AvgIpc) is 3.57. The lowest BCUT2D eigenvalue weighted by molar-refractivity contribution is -0.147. The van der Waals surface area contributed by atoms with Gasteiger partial charge in [0.2, 0.25) is 5.95 Å². The number of nitrogen functional groups attached to an aromatic ring is 1. The van der Waals surface area contributed by atoms with E-state index in [9.17, 15) is 9.59 Å². The Morgan fingerprint density at radius 1 is 1.13 bits per heavy atom. The molecule has 4 N–H and O–H groups in total. The van der Waals surface area contributed by atoms with E-state index in [4.69, 9.17) is 25.8 Å². The number of methoxy groups -OCH3 is 1. The van der Waals surface area contributed by atoms with Gasteiger partial charge in [-0.2, -0.15) is 15.1 Å². The molecule has 14 nitrogen and oxygen atoms in total. The van der Waals surface area contributed by atoms with Crippen LogP contribution < -0.4 is 26.2 Å². The summed E-state index contributed by atoms with van der Waals surface area (Å²) in [6, 6.07) is 8.13. The predicted octanol–water partition coefficient (Wildman–Crippen LogP) is 0.168. The molecule has 0 spiro atoms. The molecule has 2 fully saturated rings. The minimum Gasteiger partial charge on any atom is -0.491 e. The Bertz CT molecular complexity index is 1310. The van der Waals surface area contributed by atoms with Crippen molar-refractivity contribution in [2.24, 2.45) is 5.84 Å². The van der Waals surface area contributed by atoms with Crippen molar-refractivity contribution in [3.8, 4) is 5.75 Å². The molecule has 1 atom stereocenters. The Hall–Kier alpha value is -4.01. The van der Waals surface area contributed by atoms with E-state index in [2.05, 4.69) is 37.0 Å². The number of carbonyl (C=O) groups excluding carboxylic acids is 2. The Morgan fingerprint density at radius 2 is 1.90 bits per heavy atom. The van der Waals surface area contributed by atoms with Crippen LogP contribution >= 0.6 is 0 Å². The molecular formula is C25H33N9O5. The van der Waals surface area contributed by atoms with Crippen molar-refractivity contribution in [3.05, 3.63) is 30.5 Å². The van der Waals surface area contributed by atoms with E-state index in [-0.39, 0.29) is 24.6 Å². The first-order valence-corrected chi connectivity index (χ1v) is 12.9. The molecule has 208 valence electrons. The van der Waals surface area contributed by atoms with Crippen LogP contribution in [0.4, 0.5) is 17.5 Å². The molecule has 2 aliphatic rings. The standard InChI is InChI=1S/C25H33N9O5/c1-37-14-15-38-18-4-2-17(3-5-18)32-11-8-31(9-12-32)10-13-33-22-19(16-28-33)23(30-25(26)29-22)34(27)24(36)20-6-7-21(35)39-20/h2-5,16,20H,6-15,27H2,1H3,(H2,26,29,30). The Balaban J connectivity index is 1.17. The van der Waals surface area contributed by atoms with Gasteiger partial charge in [-0.3, -0.25) is 14.5 Å². The molecule has 4 heterocycles. The molecule has 5 rings (SSSR count). The Kier molecular flexibility index (Phi) is 8.05. The number of ether oxygens (including phenoxy) is 3. The van der Waals surface area contributed by atoms with Gasteiger partial charge in [-0.15, -0.1) is 0 Å². The molecule has 0 radical (unpaired) electrons. The van der Waals surface area contributed by atoms with Crippen molar-refractivity contribution in [3.63, 3.8) is 0 Å². The molecule has 2 saturated heterocycles. The summed E-state index contributed by atoms with van der Waals surface area (Å²) in [6.07, 6.45) is 1.08. The van der Waals surface area contributed by atoms with Crippen LogP contribution in [0.3, 0.4) is 0 Å². The van der Waals surface area contributed by atoms with E-state index in [0.29, 0.717) is 30.8 Å². The highest BCUT2D eigenvalue weighted by Gasteiger charge is 2.34. The first-order valence-electron chi connectivity index (χ1n) is 12.9. The summed E-state index contributed by atoms with van der Waals surface area (Å²) >= 11 is 0. The largest absolute Gasteiger partial charge is 0.491 e. The molecule has 0 aliphatic carbocycles. The number of fused-ring (bicyclic) bond motifs is 1. The summed E-state index contributed by atoms with van der Waals surface area (Å²) in [6.45, 7) is 6.03. The Labute approximate surface area is 225 Å². The van der Waals surface area contributed by atoms with Gasteiger partial charge in [0.05, 0.1) is 24.7 Å². The number of rotatable bonds is 10. The fourth-order valence-corrected chi connectivity index (χ4v) is 4.72. The average molecular weight is 540 g/mol. The number of benzene rings is 1. The van der Waals surface area contributed by atoms with Crippen molar-refractivity contribution in [2.45, 2.75) is 25.5 Å². The van der Waals surface area contributed by atoms with Crippen molar-refractivity contribution < 1.29 is 23.8 Å². The normalized spacial score (nSPS) is 17.9. The van der Waals surface area contributed by atoms with Crippen LogP contribution in [0.15, 0.2) is 30.5 Å². The number of piperazine rings is 1. The van der Waals surface area contributed by atoms with Gasteiger partial charge in [-0.1, -0.05) is 0 Å². The van der Waals surface area contributed by atoms with Crippen LogP contribution in [0.25, 0.3) is 11.0 Å². The van der Waals surface area contributed by atoms with Crippen LogP contribution in [-0.4, -0.2) is 95.7 Å². The third kappa shape index (κ3) is 6.02. The molecule has 1 unspecified atom stereocenters. The molecule has 39 heavy (non-hydrogen) atoms. The molecule has 14 heteroatoms. The van der Waals surface area contributed by atoms with E-state index in [1.165, 1.54) is 5.69 Å². The number of aromatic nitrogens is 4. The summed E-state index contributed by atoms with van der Waals surface area (Å²) in [5.41, 5.74) is 7.59. The first kappa shape index (κ1) is 26.6. The predicted molar refractivity (Wildman–Crippen MR) is 143 cm³/mol. The van der Waals surface area contributed by atoms with E-state index in [0.717, 1.165) is 43.5 Å². The van der Waals surface area contributed by atoms with Crippen LogP contribution in [-0.2, 0) is 25.6 Å². The highest BCUT2D eigenvalue weighted by molar-refractivity contribution is 6.02. The fourth-order valence-electron chi connectivity index (χ4n) is 4.72. The van der Waals surface area contributed by atoms with Gasteiger partial charge in [0.1, 0.15) is 12.4 Å². The van der Waals surface area contributed by atoms with Gasteiger partial charge in [0.25, 0.3) is 5.91 Å². The maximum Gasteiger partial charge on any atom is 0.306 e. The molecule has 2 aromatic heterocycles. The van der Waals surface area contributed by atoms with Crippen LogP contribution in [0.1, 0.15) is 12.8 Å². The SMILES string of the molecule is COCCOc1ccc(N2CCN(CCn3ncc4c(N(N)C(=O)C5CCC(=O)O5)nc(N)nc43)CC2)cc1. The van der Waals surface area contributed by atoms with Crippen molar-refractivity contribution in [2.75, 3.05) is 68.7 Å². The van der Waals surface area contributed by atoms with Gasteiger partial charge in [0, 0.05) is 58.4 Å². The molecule has 1 aromatic carbocycles. The quantitative estimate of drug-likeness (QED) is 0.118. The van der Waals surface area contributed by atoms with Gasteiger partial charge >= 0.3 is 5.97 Å². The summed E-state index contributed by atoms with van der Waals surface area (Å²) in [7, 11) is 1.65. The second-order valence-corrected chi connectivity index (χ2v) is 9.40. The molecule has 1 amide bonds. The van der Waals surface area contributed by atoms with Crippen molar-refractivity contribution in [1.29, 1.82) is 0 Å². The van der Waals surface area contributed by atoms with Crippen LogP contribution in [0.5, 0.6) is 5.75 Å². The van der Waals surface area contributed by atoms with E-state index >= 15 is 0 Å². The third-order valence-electron chi connectivity index (χ3n) is 6.88. The third-order valence-corrected chi connectivity index (χ3v) is 6.88. The summed E-state index contributed by atoms with van der Waals surface area (Å²) in [5.74, 6) is 6.01. The van der Waals surface area contributed by atoms with E-state index in [1.807, 2.05) is 12.1 Å². The lowest BCUT2D eigenvalue weighted by Crippen LogP contribution is -2.47. The molecular weight excluding hydrogens is 506 g/mol. The van der Waals surface area contributed by atoms with Crippen LogP contribution in [0, 0.1) is 0 Å². The van der Waals surface area contributed by atoms with E-state index in [1.54, 1.807) is 18.0 Å². The second kappa shape index (κ2) is 11.8. The van der Waals surface area contributed by atoms with Crippen molar-refractivity contribution >= 4 is 40.4 Å². The van der Waals surface area contributed by atoms with E-state index < -0.39 is 18.0 Å². The van der Waals surface area contributed by atoms with Gasteiger partial charge < -0.3 is 24.8 Å². The second-order valence-electron chi connectivity index (χ2n) is 9.40. The minimum absolute atomic E-state index is 0.0327. The number of cyclic esters (lactones) is 1. The fraction of sp³-hybridized carbons (Fsp3) is 0.480. The zero-order valence-electron chi connectivity index (χ0n) is 21.9. The van der Waals surface area contributed by atoms with Gasteiger partial charge in [-0.25, -0.2) is 15.5 Å². The number of anilines is 3. The van der Waals surface area contributed by atoms with Crippen molar-refractivity contribution in [1.82, 2.24) is 24.6 Å².